The lowest BCUT2D eigenvalue weighted by molar-refractivity contribution is 0.608. The molecule has 0 aliphatic carbocycles. The Morgan fingerprint density at radius 2 is 2.11 bits per heavy atom. The third kappa shape index (κ3) is 2.29. The molecule has 0 atom stereocenters. The highest BCUT2D eigenvalue weighted by molar-refractivity contribution is 7.94. The van der Waals surface area contributed by atoms with Crippen molar-refractivity contribution in [2.75, 3.05) is 6.26 Å². The third-order valence-electron chi connectivity index (χ3n) is 0.772. The molecule has 0 N–H and O–H groups in total. The number of rotatable bonds is 1. The lowest BCUT2D eigenvalue weighted by Crippen LogP contribution is -1.97. The van der Waals surface area contributed by atoms with Crippen molar-refractivity contribution in [2.24, 2.45) is 0 Å². The van der Waals surface area contributed by atoms with E-state index >= 15 is 0 Å². The first kappa shape index (κ1) is 8.18. The Kier molecular flexibility index (Phi) is 2.41. The number of hydrogen-bond donors (Lipinski definition) is 0. The summed E-state index contributed by atoms with van der Waals surface area (Å²) >= 11 is 0. The molecule has 0 rings (SSSR count). The van der Waals surface area contributed by atoms with Crippen molar-refractivity contribution in [1.29, 1.82) is 5.26 Å². The van der Waals surface area contributed by atoms with Crippen LogP contribution in [0.5, 0.6) is 0 Å². The molecule has 0 saturated heterocycles. The van der Waals surface area contributed by atoms with Gasteiger partial charge in [0.1, 0.15) is 11.0 Å². The zero-order chi connectivity index (χ0) is 7.49. The number of nitrogens with zero attached hydrogens (tertiary/aromatic N) is 1. The van der Waals surface area contributed by atoms with Crippen molar-refractivity contribution < 1.29 is 8.42 Å². The van der Waals surface area contributed by atoms with Crippen molar-refractivity contribution in [1.82, 2.24) is 0 Å². The summed E-state index contributed by atoms with van der Waals surface area (Å²) in [7, 11) is -3.27. The van der Waals surface area contributed by atoms with Gasteiger partial charge < -0.3 is 0 Å². The summed E-state index contributed by atoms with van der Waals surface area (Å²) in [6, 6.07) is 1.56. The van der Waals surface area contributed by atoms with Gasteiger partial charge in [-0.15, -0.1) is 0 Å². The minimum absolute atomic E-state index is 0.178. The Labute approximate surface area is 54.5 Å². The van der Waals surface area contributed by atoms with Crippen LogP contribution in [0.4, 0.5) is 0 Å². The Morgan fingerprint density at radius 3 is 2.11 bits per heavy atom. The van der Waals surface area contributed by atoms with Gasteiger partial charge in [-0.1, -0.05) is 6.08 Å². The molecule has 0 aromatic rings. The van der Waals surface area contributed by atoms with E-state index < -0.39 is 9.84 Å². The molecular formula is C5H7NO2S. The average molecular weight is 145 g/mol. The Morgan fingerprint density at radius 1 is 1.67 bits per heavy atom. The molecular weight excluding hydrogens is 138 g/mol. The van der Waals surface area contributed by atoms with Gasteiger partial charge in [0.25, 0.3) is 0 Å². The maximum atomic E-state index is 10.5. The van der Waals surface area contributed by atoms with Crippen molar-refractivity contribution in [3.63, 3.8) is 0 Å². The summed E-state index contributed by atoms with van der Waals surface area (Å²) < 4.78 is 21.0. The molecule has 0 radical (unpaired) electrons. The summed E-state index contributed by atoms with van der Waals surface area (Å²) in [5.74, 6) is 0. The first-order valence-electron chi connectivity index (χ1n) is 2.29. The van der Waals surface area contributed by atoms with Crippen molar-refractivity contribution in [3.8, 4) is 6.07 Å². The highest BCUT2D eigenvalue weighted by Gasteiger charge is 2.06. The van der Waals surface area contributed by atoms with Gasteiger partial charge in [0.2, 0.25) is 0 Å². The lowest BCUT2D eigenvalue weighted by atomic mass is 10.6. The second-order valence-corrected chi connectivity index (χ2v) is 3.52. The van der Waals surface area contributed by atoms with Crippen LogP contribution in [0, 0.1) is 11.3 Å². The van der Waals surface area contributed by atoms with E-state index in [4.69, 9.17) is 5.26 Å². The summed E-state index contributed by atoms with van der Waals surface area (Å²) in [5.41, 5.74) is 0. The molecule has 0 aliphatic heterocycles. The summed E-state index contributed by atoms with van der Waals surface area (Å²) in [6.07, 6.45) is 2.28. The largest absolute Gasteiger partial charge is 0.223 e. The maximum Gasteiger partial charge on any atom is 0.185 e. The third-order valence-corrected chi connectivity index (χ3v) is 1.90. The topological polar surface area (TPSA) is 57.9 Å². The molecule has 0 amide bonds. The first-order valence-corrected chi connectivity index (χ1v) is 4.18. The van der Waals surface area contributed by atoms with Crippen molar-refractivity contribution >= 4 is 9.84 Å². The standard InChI is InChI=1S/C5H7NO2S/c1-3-5(4-6)9(2,7)8/h3H,1-2H3. The molecule has 50 valence electrons. The van der Waals surface area contributed by atoms with Crippen LogP contribution in [-0.4, -0.2) is 14.7 Å². The SMILES string of the molecule is CC=C(C#N)S(C)(=O)=O. The normalized spacial score (nSPS) is 12.8. The van der Waals surface area contributed by atoms with Crippen LogP contribution in [-0.2, 0) is 9.84 Å². The Bertz CT molecular complexity index is 255. The molecule has 0 bridgehead atoms. The molecule has 0 aromatic carbocycles. The maximum absolute atomic E-state index is 10.5. The number of allylic oxidation sites excluding steroid dienone is 2. The van der Waals surface area contributed by atoms with E-state index in [0.29, 0.717) is 0 Å². The molecule has 3 nitrogen and oxygen atoms in total. The number of sulfone groups is 1. The highest BCUT2D eigenvalue weighted by atomic mass is 32.2. The van der Waals surface area contributed by atoms with Gasteiger partial charge in [0.05, 0.1) is 0 Å². The molecule has 4 heteroatoms. The molecule has 0 fully saturated rings. The Hall–Kier alpha value is -0.820. The van der Waals surface area contributed by atoms with Crippen LogP contribution < -0.4 is 0 Å². The van der Waals surface area contributed by atoms with Gasteiger partial charge in [-0.05, 0) is 6.92 Å². The van der Waals surface area contributed by atoms with Gasteiger partial charge in [-0.2, -0.15) is 5.26 Å². The van der Waals surface area contributed by atoms with E-state index in [1.165, 1.54) is 13.0 Å². The summed E-state index contributed by atoms with van der Waals surface area (Å²) in [6.45, 7) is 1.51. The van der Waals surface area contributed by atoms with Crippen molar-refractivity contribution in [2.45, 2.75) is 6.92 Å². The van der Waals surface area contributed by atoms with Crippen LogP contribution in [0.2, 0.25) is 0 Å². The van der Waals surface area contributed by atoms with E-state index in [0.717, 1.165) is 6.26 Å². The molecule has 9 heavy (non-hydrogen) atoms. The second kappa shape index (κ2) is 2.65. The minimum atomic E-state index is -3.27. The average Bonchev–Trinajstić information content (AvgIpc) is 1.65. The van der Waals surface area contributed by atoms with Gasteiger partial charge in [0, 0.05) is 6.26 Å². The molecule has 0 saturated carbocycles. The van der Waals surface area contributed by atoms with Crippen molar-refractivity contribution in [3.05, 3.63) is 11.0 Å². The molecule has 0 aliphatic rings. The molecule has 0 heterocycles. The van der Waals surface area contributed by atoms with Crippen LogP contribution in [0.15, 0.2) is 11.0 Å². The summed E-state index contributed by atoms with van der Waals surface area (Å²) in [4.78, 5) is -0.178. The van der Waals surface area contributed by atoms with Gasteiger partial charge >= 0.3 is 0 Å². The number of hydrogen-bond acceptors (Lipinski definition) is 3. The van der Waals surface area contributed by atoms with Crippen LogP contribution >= 0.6 is 0 Å². The van der Waals surface area contributed by atoms with Gasteiger partial charge in [-0.25, -0.2) is 8.42 Å². The quantitative estimate of drug-likeness (QED) is 0.503. The Balaban J connectivity index is 4.85. The molecule has 0 unspecified atom stereocenters. The monoisotopic (exact) mass is 145 g/mol. The lowest BCUT2D eigenvalue weighted by Gasteiger charge is -1.88. The van der Waals surface area contributed by atoms with E-state index in [1.807, 2.05) is 0 Å². The van der Waals surface area contributed by atoms with E-state index in [2.05, 4.69) is 0 Å². The van der Waals surface area contributed by atoms with Crippen LogP contribution in [0.3, 0.4) is 0 Å². The number of nitriles is 1. The first-order chi connectivity index (χ1) is 4.02. The predicted octanol–water partition coefficient (Wildman–Crippen LogP) is 0.458. The molecule has 0 spiro atoms. The fraction of sp³-hybridized carbons (Fsp3) is 0.400. The predicted molar refractivity (Wildman–Crippen MR) is 34.2 cm³/mol. The molecule has 0 aromatic heterocycles. The van der Waals surface area contributed by atoms with Gasteiger partial charge in [0.15, 0.2) is 9.84 Å². The van der Waals surface area contributed by atoms with E-state index in [-0.39, 0.29) is 4.91 Å². The smallest absolute Gasteiger partial charge is 0.185 e. The zero-order valence-corrected chi connectivity index (χ0v) is 6.07. The second-order valence-electron chi connectivity index (χ2n) is 1.54. The van der Waals surface area contributed by atoms with E-state index in [9.17, 15) is 8.42 Å². The summed E-state index contributed by atoms with van der Waals surface area (Å²) in [5, 5.41) is 8.16. The fourth-order valence-electron chi connectivity index (χ4n) is 0.362. The van der Waals surface area contributed by atoms with Gasteiger partial charge in [-0.3, -0.25) is 0 Å². The zero-order valence-electron chi connectivity index (χ0n) is 5.25. The van der Waals surface area contributed by atoms with E-state index in [1.54, 1.807) is 6.07 Å². The fourth-order valence-corrected chi connectivity index (χ4v) is 0.956. The van der Waals surface area contributed by atoms with Crippen LogP contribution in [0.25, 0.3) is 0 Å². The minimum Gasteiger partial charge on any atom is -0.223 e. The highest BCUT2D eigenvalue weighted by Crippen LogP contribution is 2.00. The van der Waals surface area contributed by atoms with Crippen LogP contribution in [0.1, 0.15) is 6.92 Å².